The van der Waals surface area contributed by atoms with Crippen molar-refractivity contribution in [1.82, 2.24) is 4.90 Å². The Hall–Kier alpha value is -1.55. The summed E-state index contributed by atoms with van der Waals surface area (Å²) in [6, 6.07) is 7.57. The smallest absolute Gasteiger partial charge is 0.254 e. The second-order valence-corrected chi connectivity index (χ2v) is 6.93. The number of nitrogens with zero attached hydrogens (tertiary/aromatic N) is 1. The van der Waals surface area contributed by atoms with Gasteiger partial charge in [-0.1, -0.05) is 13.8 Å². The van der Waals surface area contributed by atoms with E-state index in [4.69, 9.17) is 4.74 Å². The number of carbonyl (C=O) groups excluding carboxylic acids is 1. The summed E-state index contributed by atoms with van der Waals surface area (Å²) in [5.41, 5.74) is 0.693. The molecule has 1 amide bonds. The number of aliphatic hydroxyl groups excluding tert-OH is 1. The molecule has 1 fully saturated rings. The van der Waals surface area contributed by atoms with Gasteiger partial charge in [-0.15, -0.1) is 0 Å². The third-order valence-corrected chi connectivity index (χ3v) is 4.32. The van der Waals surface area contributed by atoms with E-state index in [0.29, 0.717) is 24.5 Å². The highest BCUT2D eigenvalue weighted by Gasteiger charge is 2.30. The highest BCUT2D eigenvalue weighted by molar-refractivity contribution is 5.94. The summed E-state index contributed by atoms with van der Waals surface area (Å²) in [6.45, 7) is 7.61. The molecular formula is C19H29NO3. The van der Waals surface area contributed by atoms with Gasteiger partial charge in [0.25, 0.3) is 5.91 Å². The van der Waals surface area contributed by atoms with Crippen LogP contribution < -0.4 is 4.74 Å². The maximum Gasteiger partial charge on any atom is 0.254 e. The minimum atomic E-state index is -0.370. The Bertz CT molecular complexity index is 496. The molecule has 1 heterocycles. The third kappa shape index (κ3) is 5.24. The van der Waals surface area contributed by atoms with Crippen molar-refractivity contribution in [3.63, 3.8) is 0 Å². The topological polar surface area (TPSA) is 49.8 Å². The summed E-state index contributed by atoms with van der Waals surface area (Å²) in [5.74, 6) is 1.49. The van der Waals surface area contributed by atoms with Crippen molar-refractivity contribution >= 4 is 5.91 Å². The largest absolute Gasteiger partial charge is 0.494 e. The first kappa shape index (κ1) is 17.8. The van der Waals surface area contributed by atoms with E-state index < -0.39 is 0 Å². The molecule has 2 rings (SSSR count). The first-order valence-corrected chi connectivity index (χ1v) is 8.69. The maximum absolute atomic E-state index is 12.7. The van der Waals surface area contributed by atoms with Crippen LogP contribution in [-0.4, -0.2) is 41.2 Å². The second kappa shape index (κ2) is 8.34. The number of likely N-dealkylation sites (tertiary alicyclic amines) is 1. The first-order valence-electron chi connectivity index (χ1n) is 8.69. The van der Waals surface area contributed by atoms with Gasteiger partial charge in [0, 0.05) is 18.2 Å². The van der Waals surface area contributed by atoms with Crippen molar-refractivity contribution in [2.45, 2.75) is 58.6 Å². The molecule has 4 nitrogen and oxygen atoms in total. The van der Waals surface area contributed by atoms with Crippen LogP contribution in [0.5, 0.6) is 5.75 Å². The number of amides is 1. The third-order valence-electron chi connectivity index (χ3n) is 4.32. The molecular weight excluding hydrogens is 290 g/mol. The van der Waals surface area contributed by atoms with Crippen molar-refractivity contribution in [2.75, 3.05) is 13.2 Å². The van der Waals surface area contributed by atoms with Crippen molar-refractivity contribution < 1.29 is 14.6 Å². The number of benzene rings is 1. The molecule has 1 aromatic carbocycles. The van der Waals surface area contributed by atoms with Crippen LogP contribution in [0.3, 0.4) is 0 Å². The Morgan fingerprint density at radius 3 is 2.61 bits per heavy atom. The SMILES string of the molecule is CC(C)CCOc1ccc(C(=O)N2CCCC2CC(C)O)cc1. The molecule has 2 atom stereocenters. The van der Waals surface area contributed by atoms with Gasteiger partial charge in [0.1, 0.15) is 5.75 Å². The van der Waals surface area contributed by atoms with Gasteiger partial charge in [-0.3, -0.25) is 4.79 Å². The molecule has 128 valence electrons. The normalized spacial score (nSPS) is 19.2. The van der Waals surface area contributed by atoms with Crippen molar-refractivity contribution in [3.8, 4) is 5.75 Å². The van der Waals surface area contributed by atoms with Crippen LogP contribution in [0.15, 0.2) is 24.3 Å². The molecule has 1 aromatic rings. The predicted molar refractivity (Wildman–Crippen MR) is 91.7 cm³/mol. The van der Waals surface area contributed by atoms with Crippen LogP contribution in [0, 0.1) is 5.92 Å². The van der Waals surface area contributed by atoms with Crippen LogP contribution >= 0.6 is 0 Å². The highest BCUT2D eigenvalue weighted by Crippen LogP contribution is 2.24. The van der Waals surface area contributed by atoms with E-state index >= 15 is 0 Å². The molecule has 23 heavy (non-hydrogen) atoms. The zero-order chi connectivity index (χ0) is 16.8. The Labute approximate surface area is 139 Å². The Balaban J connectivity index is 1.94. The lowest BCUT2D eigenvalue weighted by molar-refractivity contribution is 0.0682. The molecule has 1 saturated heterocycles. The molecule has 0 aliphatic carbocycles. The molecule has 4 heteroatoms. The average Bonchev–Trinajstić information content (AvgIpc) is 2.94. The predicted octanol–water partition coefficient (Wildman–Crippen LogP) is 3.49. The van der Waals surface area contributed by atoms with Gasteiger partial charge in [-0.25, -0.2) is 0 Å². The van der Waals surface area contributed by atoms with E-state index in [0.717, 1.165) is 31.6 Å². The van der Waals surface area contributed by atoms with Gasteiger partial charge in [0.15, 0.2) is 0 Å². The monoisotopic (exact) mass is 319 g/mol. The number of aliphatic hydroxyl groups is 1. The summed E-state index contributed by atoms with van der Waals surface area (Å²) in [6.07, 6.45) is 3.30. The average molecular weight is 319 g/mol. The lowest BCUT2D eigenvalue weighted by atomic mass is 10.1. The summed E-state index contributed by atoms with van der Waals surface area (Å²) in [5, 5.41) is 9.59. The molecule has 0 spiro atoms. The zero-order valence-electron chi connectivity index (χ0n) is 14.5. The minimum Gasteiger partial charge on any atom is -0.494 e. The van der Waals surface area contributed by atoms with Gasteiger partial charge in [0.05, 0.1) is 12.7 Å². The van der Waals surface area contributed by atoms with Gasteiger partial charge < -0.3 is 14.7 Å². The molecule has 0 aromatic heterocycles. The Kier molecular flexibility index (Phi) is 6.46. The van der Waals surface area contributed by atoms with Crippen LogP contribution in [-0.2, 0) is 0 Å². The molecule has 0 bridgehead atoms. The molecule has 1 aliphatic rings. The van der Waals surface area contributed by atoms with E-state index in [-0.39, 0.29) is 18.1 Å². The zero-order valence-corrected chi connectivity index (χ0v) is 14.5. The summed E-state index contributed by atoms with van der Waals surface area (Å²) in [4.78, 5) is 14.6. The van der Waals surface area contributed by atoms with E-state index in [1.165, 1.54) is 0 Å². The highest BCUT2D eigenvalue weighted by atomic mass is 16.5. The van der Waals surface area contributed by atoms with Gasteiger partial charge in [-0.05, 0) is 62.8 Å². The first-order chi connectivity index (χ1) is 11.0. The van der Waals surface area contributed by atoms with E-state index in [1.807, 2.05) is 29.2 Å². The lowest BCUT2D eigenvalue weighted by Gasteiger charge is -2.25. The molecule has 1 N–H and O–H groups in total. The van der Waals surface area contributed by atoms with E-state index in [2.05, 4.69) is 13.8 Å². The summed E-state index contributed by atoms with van der Waals surface area (Å²) >= 11 is 0. The second-order valence-electron chi connectivity index (χ2n) is 6.93. The standard InChI is InChI=1S/C19H29NO3/c1-14(2)10-12-23-18-8-6-16(7-9-18)19(22)20-11-4-5-17(20)13-15(3)21/h6-9,14-15,17,21H,4-5,10-13H2,1-3H3. The fourth-order valence-corrected chi connectivity index (χ4v) is 3.01. The number of rotatable bonds is 7. The molecule has 2 unspecified atom stereocenters. The summed E-state index contributed by atoms with van der Waals surface area (Å²) in [7, 11) is 0. The van der Waals surface area contributed by atoms with Crippen molar-refractivity contribution in [2.24, 2.45) is 5.92 Å². The van der Waals surface area contributed by atoms with E-state index in [1.54, 1.807) is 6.92 Å². The van der Waals surface area contributed by atoms with Crippen LogP contribution in [0.1, 0.15) is 56.8 Å². The van der Waals surface area contributed by atoms with Crippen molar-refractivity contribution in [1.29, 1.82) is 0 Å². The number of hydrogen-bond donors (Lipinski definition) is 1. The van der Waals surface area contributed by atoms with E-state index in [9.17, 15) is 9.90 Å². The van der Waals surface area contributed by atoms with Crippen LogP contribution in [0.4, 0.5) is 0 Å². The van der Waals surface area contributed by atoms with Crippen molar-refractivity contribution in [3.05, 3.63) is 29.8 Å². The fraction of sp³-hybridized carbons (Fsp3) is 0.632. The molecule has 0 radical (unpaired) electrons. The van der Waals surface area contributed by atoms with Crippen LogP contribution in [0.2, 0.25) is 0 Å². The quantitative estimate of drug-likeness (QED) is 0.837. The Morgan fingerprint density at radius 1 is 1.30 bits per heavy atom. The van der Waals surface area contributed by atoms with Gasteiger partial charge in [0.2, 0.25) is 0 Å². The summed E-state index contributed by atoms with van der Waals surface area (Å²) < 4.78 is 5.69. The minimum absolute atomic E-state index is 0.0573. The fourth-order valence-electron chi connectivity index (χ4n) is 3.01. The number of ether oxygens (including phenoxy) is 1. The van der Waals surface area contributed by atoms with Crippen LogP contribution in [0.25, 0.3) is 0 Å². The molecule has 0 saturated carbocycles. The van der Waals surface area contributed by atoms with Gasteiger partial charge in [-0.2, -0.15) is 0 Å². The number of carbonyl (C=O) groups is 1. The lowest BCUT2D eigenvalue weighted by Crippen LogP contribution is -2.37. The van der Waals surface area contributed by atoms with Gasteiger partial charge >= 0.3 is 0 Å². The maximum atomic E-state index is 12.7. The Morgan fingerprint density at radius 2 is 2.00 bits per heavy atom. The number of hydrogen-bond acceptors (Lipinski definition) is 3. The molecule has 1 aliphatic heterocycles.